The Hall–Kier alpha value is -2.47. The number of carboxylic acids is 2. The van der Waals surface area contributed by atoms with Crippen molar-refractivity contribution < 1.29 is 44.4 Å². The van der Waals surface area contributed by atoms with Crippen LogP contribution in [0.5, 0.6) is 5.75 Å². The van der Waals surface area contributed by atoms with Crippen LogP contribution in [0.2, 0.25) is 0 Å². The number of carbonyl (C=O) groups is 2. The number of rotatable bonds is 3. The Bertz CT molecular complexity index is 611. The second-order valence-corrected chi connectivity index (χ2v) is 3.45. The molecular weight excluding hydrogens is 330 g/mol. The number of phenols is 1. The molecule has 0 atom stereocenters. The van der Waals surface area contributed by atoms with Crippen molar-refractivity contribution in [2.75, 3.05) is 0 Å². The molecule has 0 unspecified atom stereocenters. The molecule has 1 aromatic heterocycles. The number of nitrogens with zero attached hydrogens (tertiary/aromatic N) is 1. The molecule has 0 aliphatic carbocycles. The summed E-state index contributed by atoms with van der Waals surface area (Å²) >= 11 is 0. The molecule has 0 saturated heterocycles. The average molecular weight is 340 g/mol. The Morgan fingerprint density at radius 1 is 1.24 bits per heavy atom. The van der Waals surface area contributed by atoms with Gasteiger partial charge in [-0.25, -0.2) is 4.98 Å². The van der Waals surface area contributed by atoms with E-state index in [2.05, 4.69) is 9.97 Å². The van der Waals surface area contributed by atoms with E-state index in [4.69, 9.17) is 5.11 Å². The number of para-hydroxylation sites is 1. The zero-order chi connectivity index (χ0) is 15.0. The second-order valence-electron chi connectivity index (χ2n) is 3.45. The zero-order valence-electron chi connectivity index (χ0n) is 10.9. The molecule has 1 heterocycles. The van der Waals surface area contributed by atoms with Gasteiger partial charge in [-0.1, -0.05) is 12.1 Å². The van der Waals surface area contributed by atoms with Gasteiger partial charge in [0.15, 0.2) is 0 Å². The van der Waals surface area contributed by atoms with Crippen LogP contribution in [-0.2, 0) is 24.3 Å². The van der Waals surface area contributed by atoms with E-state index in [1.165, 1.54) is 30.6 Å². The van der Waals surface area contributed by atoms with E-state index in [0.717, 1.165) is 6.08 Å². The Balaban J connectivity index is 0.000000364. The third kappa shape index (κ3) is 7.03. The fraction of sp³-hybridized carbons (Fsp3) is 0. The van der Waals surface area contributed by atoms with Crippen LogP contribution in [-0.4, -0.2) is 27.0 Å². The fourth-order valence-corrected chi connectivity index (χ4v) is 1.16. The summed E-state index contributed by atoms with van der Waals surface area (Å²) in [6, 6.07) is 5.64. The first-order valence-electron chi connectivity index (χ1n) is 5.38. The molecule has 8 heteroatoms. The van der Waals surface area contributed by atoms with Crippen molar-refractivity contribution in [1.82, 2.24) is 9.97 Å². The summed E-state index contributed by atoms with van der Waals surface area (Å²) in [4.78, 5) is 26.4. The van der Waals surface area contributed by atoms with E-state index < -0.39 is 11.9 Å². The van der Waals surface area contributed by atoms with E-state index >= 15 is 0 Å². The summed E-state index contributed by atoms with van der Waals surface area (Å²) in [5, 5.41) is 28.9. The molecule has 0 aliphatic rings. The predicted octanol–water partition coefficient (Wildman–Crippen LogP) is -1.07. The average Bonchev–Trinajstić information content (AvgIpc) is 2.90. The molecule has 0 fully saturated rings. The van der Waals surface area contributed by atoms with Gasteiger partial charge in [0, 0.05) is 11.8 Å². The van der Waals surface area contributed by atoms with E-state index in [0.29, 0.717) is 5.69 Å². The van der Waals surface area contributed by atoms with Crippen molar-refractivity contribution in [3.63, 3.8) is 0 Å². The number of H-pyrrole nitrogens is 1. The first-order valence-corrected chi connectivity index (χ1v) is 5.38. The van der Waals surface area contributed by atoms with Crippen molar-refractivity contribution >= 4 is 18.0 Å². The Morgan fingerprint density at radius 3 is 2.33 bits per heavy atom. The number of nitrogens with one attached hydrogen (secondary N) is 1. The molecule has 0 radical (unpaired) electrons. The van der Waals surface area contributed by atoms with Crippen LogP contribution in [0.15, 0.2) is 42.9 Å². The third-order valence-electron chi connectivity index (χ3n) is 2.03. The number of aromatic carboxylic acids is 1. The summed E-state index contributed by atoms with van der Waals surface area (Å²) in [7, 11) is 0. The summed E-state index contributed by atoms with van der Waals surface area (Å²) in [6.45, 7) is 0. The Labute approximate surface area is 132 Å². The van der Waals surface area contributed by atoms with Crippen molar-refractivity contribution in [3.8, 4) is 5.75 Å². The van der Waals surface area contributed by atoms with Crippen LogP contribution in [0.4, 0.5) is 0 Å². The van der Waals surface area contributed by atoms with Crippen LogP contribution in [0.25, 0.3) is 6.08 Å². The van der Waals surface area contributed by atoms with Gasteiger partial charge in [0.05, 0.1) is 24.0 Å². The topological polar surface area (TPSA) is 129 Å². The van der Waals surface area contributed by atoms with Gasteiger partial charge in [-0.3, -0.25) is 0 Å². The van der Waals surface area contributed by atoms with Crippen LogP contribution in [0.3, 0.4) is 0 Å². The molecule has 0 amide bonds. The minimum absolute atomic E-state index is 0. The molecule has 0 bridgehead atoms. The van der Waals surface area contributed by atoms with Crippen molar-refractivity contribution in [1.29, 1.82) is 0 Å². The summed E-state index contributed by atoms with van der Waals surface area (Å²) in [5.41, 5.74) is 0.395. The number of benzene rings is 1. The molecule has 0 spiro atoms. The fourth-order valence-electron chi connectivity index (χ4n) is 1.16. The molecule has 104 valence electrons. The number of imidazole rings is 1. The number of hydrogen-bond donors (Lipinski definition) is 2. The molecule has 1 aromatic carbocycles. The maximum atomic E-state index is 10.2. The standard InChI is InChI=1S/C7H6O3.C6H6N2O2.Zn/c8-6-4-2-1-3-5(6)7(9)10;9-6(10)2-1-5-3-7-4-8-5;/h1-4,8H,(H,9,10);1-4H,(H,7,8)(H,9,10);/q;;+2/p-2. The quantitative estimate of drug-likeness (QED) is 0.541. The third-order valence-corrected chi connectivity index (χ3v) is 2.03. The summed E-state index contributed by atoms with van der Waals surface area (Å²) in [6.07, 6.45) is 5.33. The second kappa shape index (κ2) is 9.44. The molecular formula is C13H10N2O5Zn. The minimum Gasteiger partial charge on any atom is -0.545 e. The van der Waals surface area contributed by atoms with E-state index in [1.54, 1.807) is 12.3 Å². The predicted molar refractivity (Wildman–Crippen MR) is 65.1 cm³/mol. The van der Waals surface area contributed by atoms with Crippen LogP contribution in [0.1, 0.15) is 16.1 Å². The number of aliphatic carboxylic acids is 1. The van der Waals surface area contributed by atoms with E-state index in [-0.39, 0.29) is 30.8 Å². The molecule has 2 aromatic rings. The van der Waals surface area contributed by atoms with Crippen molar-refractivity contribution in [3.05, 3.63) is 54.1 Å². The normalized spacial score (nSPS) is 9.33. The number of aromatic amines is 1. The first kappa shape index (κ1) is 18.5. The number of aromatic hydroxyl groups is 1. The number of hydrogen-bond acceptors (Lipinski definition) is 6. The maximum Gasteiger partial charge on any atom is 2.00 e. The smallest absolute Gasteiger partial charge is 0.545 e. The zero-order valence-corrected chi connectivity index (χ0v) is 13.8. The van der Waals surface area contributed by atoms with E-state index in [9.17, 15) is 19.8 Å². The van der Waals surface area contributed by atoms with Gasteiger partial charge in [-0.05, 0) is 24.3 Å². The van der Waals surface area contributed by atoms with Crippen LogP contribution in [0, 0.1) is 0 Å². The minimum atomic E-state index is -1.36. The monoisotopic (exact) mass is 338 g/mol. The largest absolute Gasteiger partial charge is 2.00 e. The Morgan fingerprint density at radius 2 is 1.90 bits per heavy atom. The van der Waals surface area contributed by atoms with Crippen molar-refractivity contribution in [2.45, 2.75) is 0 Å². The number of carbonyl (C=O) groups excluding carboxylic acids is 2. The molecule has 21 heavy (non-hydrogen) atoms. The summed E-state index contributed by atoms with van der Waals surface area (Å²) in [5.74, 6) is -2.84. The number of aromatic nitrogens is 2. The molecule has 2 rings (SSSR count). The molecule has 0 aliphatic heterocycles. The number of carboxylic acid groups (broad SMARTS) is 2. The molecule has 7 nitrogen and oxygen atoms in total. The first-order chi connectivity index (χ1) is 9.50. The summed E-state index contributed by atoms with van der Waals surface area (Å²) < 4.78 is 0. The van der Waals surface area contributed by atoms with Crippen LogP contribution < -0.4 is 10.2 Å². The van der Waals surface area contributed by atoms with Gasteiger partial charge in [0.2, 0.25) is 0 Å². The Kier molecular flexibility index (Phi) is 8.33. The molecule has 0 saturated carbocycles. The van der Waals surface area contributed by atoms with Gasteiger partial charge in [-0.15, -0.1) is 0 Å². The van der Waals surface area contributed by atoms with E-state index in [1.807, 2.05) is 0 Å². The van der Waals surface area contributed by atoms with Gasteiger partial charge in [0.25, 0.3) is 0 Å². The van der Waals surface area contributed by atoms with Gasteiger partial charge < -0.3 is 29.9 Å². The van der Waals surface area contributed by atoms with Gasteiger partial charge in [0.1, 0.15) is 5.75 Å². The maximum absolute atomic E-state index is 10.2. The molecule has 2 N–H and O–H groups in total. The van der Waals surface area contributed by atoms with Crippen LogP contribution >= 0.6 is 0 Å². The van der Waals surface area contributed by atoms with Crippen molar-refractivity contribution in [2.24, 2.45) is 0 Å². The SMILES string of the molecule is O=C([O-])C=Cc1c[nH]cn1.O=C([O-])c1ccccc1O.[Zn+2]. The van der Waals surface area contributed by atoms with Gasteiger partial charge >= 0.3 is 19.5 Å². The van der Waals surface area contributed by atoms with Gasteiger partial charge in [-0.2, -0.15) is 0 Å².